The zero-order chi connectivity index (χ0) is 12.3. The second-order valence-corrected chi connectivity index (χ2v) is 3.81. The van der Waals surface area contributed by atoms with Crippen molar-refractivity contribution in [1.82, 2.24) is 9.97 Å². The number of hydrogen-bond acceptors (Lipinski definition) is 3. The van der Waals surface area contributed by atoms with Gasteiger partial charge in [0, 0.05) is 12.1 Å². The SMILES string of the molecule is CCOc1ccc(-c2nc(C)[nH]c2CN)cc1. The Balaban J connectivity index is 2.32. The van der Waals surface area contributed by atoms with E-state index in [9.17, 15) is 0 Å². The highest BCUT2D eigenvalue weighted by molar-refractivity contribution is 5.63. The molecule has 1 aromatic carbocycles. The lowest BCUT2D eigenvalue weighted by Crippen LogP contribution is -1.98. The molecule has 17 heavy (non-hydrogen) atoms. The molecule has 0 radical (unpaired) electrons. The number of nitrogens with two attached hydrogens (primary N) is 1. The normalized spacial score (nSPS) is 10.5. The van der Waals surface area contributed by atoms with Crippen LogP contribution in [0.4, 0.5) is 0 Å². The summed E-state index contributed by atoms with van der Waals surface area (Å²) in [5, 5.41) is 0. The molecule has 0 aliphatic carbocycles. The molecule has 90 valence electrons. The number of aromatic nitrogens is 2. The summed E-state index contributed by atoms with van der Waals surface area (Å²) < 4.78 is 5.41. The Hall–Kier alpha value is -1.81. The quantitative estimate of drug-likeness (QED) is 0.848. The lowest BCUT2D eigenvalue weighted by molar-refractivity contribution is 0.340. The topological polar surface area (TPSA) is 63.9 Å². The fourth-order valence-electron chi connectivity index (χ4n) is 1.80. The lowest BCUT2D eigenvalue weighted by atomic mass is 10.1. The maximum Gasteiger partial charge on any atom is 0.119 e. The Labute approximate surface area is 101 Å². The van der Waals surface area contributed by atoms with Crippen LogP contribution in [0.3, 0.4) is 0 Å². The van der Waals surface area contributed by atoms with Crippen LogP contribution in [-0.2, 0) is 6.54 Å². The third-order valence-electron chi connectivity index (χ3n) is 2.54. The Morgan fingerprint density at radius 3 is 2.59 bits per heavy atom. The molecule has 4 heteroatoms. The van der Waals surface area contributed by atoms with Gasteiger partial charge in [-0.3, -0.25) is 0 Å². The van der Waals surface area contributed by atoms with Crippen molar-refractivity contribution in [3.8, 4) is 17.0 Å². The van der Waals surface area contributed by atoms with Crippen molar-refractivity contribution in [2.24, 2.45) is 5.73 Å². The first-order chi connectivity index (χ1) is 8.24. The summed E-state index contributed by atoms with van der Waals surface area (Å²) in [7, 11) is 0. The molecule has 4 nitrogen and oxygen atoms in total. The number of aryl methyl sites for hydroxylation is 1. The van der Waals surface area contributed by atoms with E-state index >= 15 is 0 Å². The number of hydrogen-bond donors (Lipinski definition) is 2. The first kappa shape index (κ1) is 11.7. The number of ether oxygens (including phenoxy) is 1. The van der Waals surface area contributed by atoms with Crippen LogP contribution in [0.5, 0.6) is 5.75 Å². The van der Waals surface area contributed by atoms with E-state index in [1.165, 1.54) is 0 Å². The number of imidazole rings is 1. The van der Waals surface area contributed by atoms with E-state index in [2.05, 4.69) is 9.97 Å². The first-order valence-electron chi connectivity index (χ1n) is 5.73. The largest absolute Gasteiger partial charge is 0.494 e. The van der Waals surface area contributed by atoms with Crippen LogP contribution in [0.2, 0.25) is 0 Å². The molecule has 0 unspecified atom stereocenters. The summed E-state index contributed by atoms with van der Waals surface area (Å²) in [5.74, 6) is 1.76. The third-order valence-corrected chi connectivity index (χ3v) is 2.54. The van der Waals surface area contributed by atoms with Crippen LogP contribution >= 0.6 is 0 Å². The summed E-state index contributed by atoms with van der Waals surface area (Å²) in [5.41, 5.74) is 8.63. The van der Waals surface area contributed by atoms with Gasteiger partial charge in [-0.05, 0) is 38.1 Å². The van der Waals surface area contributed by atoms with Crippen molar-refractivity contribution in [1.29, 1.82) is 0 Å². The highest BCUT2D eigenvalue weighted by atomic mass is 16.5. The van der Waals surface area contributed by atoms with Gasteiger partial charge >= 0.3 is 0 Å². The van der Waals surface area contributed by atoms with Crippen LogP contribution in [0.1, 0.15) is 18.4 Å². The summed E-state index contributed by atoms with van der Waals surface area (Å²) in [6.07, 6.45) is 0. The van der Waals surface area contributed by atoms with E-state index < -0.39 is 0 Å². The van der Waals surface area contributed by atoms with E-state index in [0.717, 1.165) is 28.5 Å². The molecule has 1 heterocycles. The Kier molecular flexibility index (Phi) is 3.44. The summed E-state index contributed by atoms with van der Waals surface area (Å²) in [4.78, 5) is 7.62. The van der Waals surface area contributed by atoms with Gasteiger partial charge in [0.2, 0.25) is 0 Å². The van der Waals surface area contributed by atoms with E-state index in [-0.39, 0.29) is 0 Å². The summed E-state index contributed by atoms with van der Waals surface area (Å²) in [6.45, 7) is 5.03. The van der Waals surface area contributed by atoms with Crippen molar-refractivity contribution >= 4 is 0 Å². The van der Waals surface area contributed by atoms with E-state index in [4.69, 9.17) is 10.5 Å². The molecular weight excluding hydrogens is 214 g/mol. The van der Waals surface area contributed by atoms with Gasteiger partial charge in [-0.25, -0.2) is 4.98 Å². The molecule has 3 N–H and O–H groups in total. The average Bonchev–Trinajstić information content (AvgIpc) is 2.72. The maximum atomic E-state index is 5.68. The number of rotatable bonds is 4. The maximum absolute atomic E-state index is 5.68. The molecule has 0 aliphatic rings. The molecule has 1 aromatic heterocycles. The molecule has 0 spiro atoms. The highest BCUT2D eigenvalue weighted by Crippen LogP contribution is 2.23. The molecular formula is C13H17N3O. The van der Waals surface area contributed by atoms with E-state index in [0.29, 0.717) is 13.2 Å². The Bertz CT molecular complexity index is 488. The number of aromatic amines is 1. The summed E-state index contributed by atoms with van der Waals surface area (Å²) >= 11 is 0. The van der Waals surface area contributed by atoms with Gasteiger partial charge in [0.05, 0.1) is 18.0 Å². The Morgan fingerprint density at radius 2 is 2.00 bits per heavy atom. The van der Waals surface area contributed by atoms with Crippen molar-refractivity contribution in [2.45, 2.75) is 20.4 Å². The second-order valence-electron chi connectivity index (χ2n) is 3.81. The van der Waals surface area contributed by atoms with Gasteiger partial charge in [-0.15, -0.1) is 0 Å². The average molecular weight is 231 g/mol. The fourth-order valence-corrected chi connectivity index (χ4v) is 1.80. The minimum atomic E-state index is 0.462. The summed E-state index contributed by atoms with van der Waals surface area (Å²) in [6, 6.07) is 7.89. The van der Waals surface area contributed by atoms with Gasteiger partial charge in [0.1, 0.15) is 11.6 Å². The molecule has 0 saturated carbocycles. The van der Waals surface area contributed by atoms with Crippen LogP contribution in [0.15, 0.2) is 24.3 Å². The van der Waals surface area contributed by atoms with Crippen LogP contribution < -0.4 is 10.5 Å². The van der Waals surface area contributed by atoms with Crippen LogP contribution in [0, 0.1) is 6.92 Å². The van der Waals surface area contributed by atoms with Gasteiger partial charge in [-0.1, -0.05) is 0 Å². The predicted octanol–water partition coefficient (Wildman–Crippen LogP) is 2.24. The fraction of sp³-hybridized carbons (Fsp3) is 0.308. The minimum Gasteiger partial charge on any atom is -0.494 e. The lowest BCUT2D eigenvalue weighted by Gasteiger charge is -2.04. The third kappa shape index (κ3) is 2.47. The monoisotopic (exact) mass is 231 g/mol. The van der Waals surface area contributed by atoms with E-state index in [1.54, 1.807) is 0 Å². The molecule has 0 aliphatic heterocycles. The molecule has 2 rings (SSSR count). The molecule has 0 amide bonds. The first-order valence-corrected chi connectivity index (χ1v) is 5.73. The van der Waals surface area contributed by atoms with Crippen molar-refractivity contribution in [3.63, 3.8) is 0 Å². The molecule has 0 fully saturated rings. The predicted molar refractivity (Wildman–Crippen MR) is 67.8 cm³/mol. The second kappa shape index (κ2) is 5.01. The number of nitrogens with zero attached hydrogens (tertiary/aromatic N) is 1. The van der Waals surface area contributed by atoms with E-state index in [1.807, 2.05) is 38.1 Å². The molecule has 0 saturated heterocycles. The van der Waals surface area contributed by atoms with Gasteiger partial charge in [0.25, 0.3) is 0 Å². The van der Waals surface area contributed by atoms with Gasteiger partial charge in [0.15, 0.2) is 0 Å². The zero-order valence-corrected chi connectivity index (χ0v) is 10.2. The molecule has 0 atom stereocenters. The van der Waals surface area contributed by atoms with Gasteiger partial charge in [-0.2, -0.15) is 0 Å². The van der Waals surface area contributed by atoms with Crippen LogP contribution in [0.25, 0.3) is 11.3 Å². The van der Waals surface area contributed by atoms with Crippen molar-refractivity contribution < 1.29 is 4.74 Å². The van der Waals surface area contributed by atoms with Gasteiger partial charge < -0.3 is 15.5 Å². The minimum absolute atomic E-state index is 0.462. The standard InChI is InChI=1S/C13H17N3O/c1-3-17-11-6-4-10(5-7-11)13-12(8-14)15-9(2)16-13/h4-7H,3,8,14H2,1-2H3,(H,15,16). The highest BCUT2D eigenvalue weighted by Gasteiger charge is 2.08. The van der Waals surface area contributed by atoms with Crippen molar-refractivity contribution in [2.75, 3.05) is 6.61 Å². The number of nitrogens with one attached hydrogen (secondary N) is 1. The molecule has 2 aromatic rings. The van der Waals surface area contributed by atoms with Crippen LogP contribution in [-0.4, -0.2) is 16.6 Å². The number of H-pyrrole nitrogens is 1. The smallest absolute Gasteiger partial charge is 0.119 e. The Morgan fingerprint density at radius 1 is 1.29 bits per heavy atom. The number of benzene rings is 1. The molecule has 0 bridgehead atoms. The van der Waals surface area contributed by atoms with Crippen molar-refractivity contribution in [3.05, 3.63) is 35.8 Å². The zero-order valence-electron chi connectivity index (χ0n) is 10.2.